The first-order valence-electron chi connectivity index (χ1n) is 3.02. The van der Waals surface area contributed by atoms with Gasteiger partial charge in [0.15, 0.2) is 0 Å². The van der Waals surface area contributed by atoms with Crippen LogP contribution >= 0.6 is 0 Å². The van der Waals surface area contributed by atoms with Crippen LogP contribution in [0.3, 0.4) is 0 Å². The second-order valence-corrected chi connectivity index (χ2v) is 1.77. The molecule has 0 rings (SSSR count). The van der Waals surface area contributed by atoms with Gasteiger partial charge in [-0.3, -0.25) is 4.79 Å². The summed E-state index contributed by atoms with van der Waals surface area (Å²) < 4.78 is 4.44. The highest BCUT2D eigenvalue weighted by molar-refractivity contribution is 5.88. The standard InChI is InChI=1S/C6H10O4/c1-2-3-10-6(9)4-5(7)8/h2-4H2,1H3,(H,7,8)/p-1. The number of hydrogen-bond acceptors (Lipinski definition) is 4. The SMILES string of the molecule is CCCOC(=O)CC(=O)[O-]. The molecule has 0 aromatic rings. The molecule has 0 N–H and O–H groups in total. The number of esters is 1. The zero-order valence-corrected chi connectivity index (χ0v) is 5.75. The number of carbonyl (C=O) groups excluding carboxylic acids is 2. The van der Waals surface area contributed by atoms with Gasteiger partial charge in [0, 0.05) is 0 Å². The molecule has 0 unspecified atom stereocenters. The Bertz CT molecular complexity index is 130. The Hall–Kier alpha value is -1.06. The summed E-state index contributed by atoms with van der Waals surface area (Å²) in [6, 6.07) is 0. The Balaban J connectivity index is 3.35. The second kappa shape index (κ2) is 4.78. The van der Waals surface area contributed by atoms with Gasteiger partial charge < -0.3 is 14.6 Å². The Kier molecular flexibility index (Phi) is 4.28. The Morgan fingerprint density at radius 3 is 2.50 bits per heavy atom. The van der Waals surface area contributed by atoms with Crippen molar-refractivity contribution >= 4 is 11.9 Å². The van der Waals surface area contributed by atoms with E-state index in [4.69, 9.17) is 0 Å². The van der Waals surface area contributed by atoms with Gasteiger partial charge in [0.25, 0.3) is 0 Å². The highest BCUT2D eigenvalue weighted by Crippen LogP contribution is 1.86. The summed E-state index contributed by atoms with van der Waals surface area (Å²) in [5, 5.41) is 9.76. The van der Waals surface area contributed by atoms with Crippen molar-refractivity contribution in [3.63, 3.8) is 0 Å². The van der Waals surface area contributed by atoms with Crippen molar-refractivity contribution in [1.29, 1.82) is 0 Å². The van der Waals surface area contributed by atoms with Crippen LogP contribution < -0.4 is 5.11 Å². The van der Waals surface area contributed by atoms with E-state index in [9.17, 15) is 14.7 Å². The molecule has 0 radical (unpaired) electrons. The molecule has 4 nitrogen and oxygen atoms in total. The lowest BCUT2D eigenvalue weighted by Gasteiger charge is -2.02. The van der Waals surface area contributed by atoms with Crippen LogP contribution in [0.5, 0.6) is 0 Å². The first-order valence-corrected chi connectivity index (χ1v) is 3.02. The van der Waals surface area contributed by atoms with Crippen LogP contribution in [0.2, 0.25) is 0 Å². The molecule has 0 atom stereocenters. The third-order valence-electron chi connectivity index (χ3n) is 0.756. The van der Waals surface area contributed by atoms with Crippen molar-refractivity contribution in [1.82, 2.24) is 0 Å². The van der Waals surface area contributed by atoms with Crippen LogP contribution in [0.1, 0.15) is 19.8 Å². The number of carboxylic acid groups (broad SMARTS) is 1. The Labute approximate surface area is 58.8 Å². The van der Waals surface area contributed by atoms with E-state index in [0.29, 0.717) is 6.42 Å². The predicted octanol–water partition coefficient (Wildman–Crippen LogP) is -0.920. The van der Waals surface area contributed by atoms with Gasteiger partial charge >= 0.3 is 5.97 Å². The maximum atomic E-state index is 10.4. The lowest BCUT2D eigenvalue weighted by molar-refractivity contribution is -0.305. The van der Waals surface area contributed by atoms with E-state index in [1.807, 2.05) is 6.92 Å². The van der Waals surface area contributed by atoms with Gasteiger partial charge in [-0.1, -0.05) is 6.92 Å². The highest BCUT2D eigenvalue weighted by atomic mass is 16.5. The summed E-state index contributed by atoms with van der Waals surface area (Å²) in [6.07, 6.45) is 0.0405. The van der Waals surface area contributed by atoms with Crippen LogP contribution in [0, 0.1) is 0 Å². The lowest BCUT2D eigenvalue weighted by Crippen LogP contribution is -2.26. The number of carbonyl (C=O) groups is 2. The summed E-state index contributed by atoms with van der Waals surface area (Å²) in [4.78, 5) is 20.1. The van der Waals surface area contributed by atoms with Gasteiger partial charge in [-0.25, -0.2) is 0 Å². The van der Waals surface area contributed by atoms with Gasteiger partial charge in [0.2, 0.25) is 0 Å². The average molecular weight is 145 g/mol. The van der Waals surface area contributed by atoms with Crippen LogP contribution in [-0.4, -0.2) is 18.5 Å². The van der Waals surface area contributed by atoms with Crippen molar-refractivity contribution in [2.45, 2.75) is 19.8 Å². The maximum Gasteiger partial charge on any atom is 0.311 e. The van der Waals surface area contributed by atoms with E-state index < -0.39 is 18.4 Å². The van der Waals surface area contributed by atoms with Gasteiger partial charge in [-0.2, -0.15) is 0 Å². The topological polar surface area (TPSA) is 66.4 Å². The Morgan fingerprint density at radius 2 is 2.10 bits per heavy atom. The molecule has 0 amide bonds. The minimum absolute atomic E-state index is 0.270. The molecule has 0 aliphatic rings. The molecule has 10 heavy (non-hydrogen) atoms. The van der Waals surface area contributed by atoms with Crippen molar-refractivity contribution in [3.05, 3.63) is 0 Å². The molecule has 0 fully saturated rings. The van der Waals surface area contributed by atoms with Crippen molar-refractivity contribution in [3.8, 4) is 0 Å². The molecular weight excluding hydrogens is 136 g/mol. The number of hydrogen-bond donors (Lipinski definition) is 0. The zero-order valence-electron chi connectivity index (χ0n) is 5.75. The summed E-state index contributed by atoms with van der Waals surface area (Å²) in [7, 11) is 0. The quantitative estimate of drug-likeness (QED) is 0.379. The first-order chi connectivity index (χ1) is 4.66. The van der Waals surface area contributed by atoms with E-state index in [1.165, 1.54) is 0 Å². The third-order valence-corrected chi connectivity index (χ3v) is 0.756. The number of aliphatic carboxylic acids is 1. The molecule has 0 spiro atoms. The Morgan fingerprint density at radius 1 is 1.50 bits per heavy atom. The predicted molar refractivity (Wildman–Crippen MR) is 30.9 cm³/mol. The molecular formula is C6H9O4-. The summed E-state index contributed by atoms with van der Waals surface area (Å²) >= 11 is 0. The molecule has 0 aromatic carbocycles. The summed E-state index contributed by atoms with van der Waals surface area (Å²) in [5.74, 6) is -2.14. The number of carboxylic acids is 1. The van der Waals surface area contributed by atoms with E-state index in [-0.39, 0.29) is 6.61 Å². The van der Waals surface area contributed by atoms with Crippen LogP contribution in [-0.2, 0) is 14.3 Å². The average Bonchev–Trinajstić information content (AvgIpc) is 1.82. The third kappa shape index (κ3) is 5.08. The lowest BCUT2D eigenvalue weighted by atomic mass is 10.4. The van der Waals surface area contributed by atoms with Crippen molar-refractivity contribution < 1.29 is 19.4 Å². The smallest absolute Gasteiger partial charge is 0.311 e. The molecule has 0 aliphatic heterocycles. The second-order valence-electron chi connectivity index (χ2n) is 1.77. The molecule has 0 saturated heterocycles. The molecule has 0 aliphatic carbocycles. The monoisotopic (exact) mass is 145 g/mol. The number of ether oxygens (including phenoxy) is 1. The van der Waals surface area contributed by atoms with Crippen LogP contribution in [0.25, 0.3) is 0 Å². The van der Waals surface area contributed by atoms with Gasteiger partial charge in [-0.15, -0.1) is 0 Å². The minimum atomic E-state index is -1.40. The molecule has 0 bridgehead atoms. The van der Waals surface area contributed by atoms with Gasteiger partial charge in [0.1, 0.15) is 0 Å². The molecule has 0 heterocycles. The first kappa shape index (κ1) is 8.94. The molecule has 0 saturated carbocycles. The minimum Gasteiger partial charge on any atom is -0.550 e. The van der Waals surface area contributed by atoms with Crippen molar-refractivity contribution in [2.24, 2.45) is 0 Å². The normalized spacial score (nSPS) is 8.90. The molecule has 4 heteroatoms. The fourth-order valence-electron chi connectivity index (χ4n) is 0.385. The fraction of sp³-hybridized carbons (Fsp3) is 0.667. The molecule has 0 aromatic heterocycles. The molecule has 58 valence electrons. The van der Waals surface area contributed by atoms with Gasteiger partial charge in [0.05, 0.1) is 19.0 Å². The van der Waals surface area contributed by atoms with E-state index in [0.717, 1.165) is 0 Å². The van der Waals surface area contributed by atoms with Gasteiger partial charge in [-0.05, 0) is 6.42 Å². The largest absolute Gasteiger partial charge is 0.550 e. The number of rotatable bonds is 4. The zero-order chi connectivity index (χ0) is 7.98. The fourth-order valence-corrected chi connectivity index (χ4v) is 0.385. The van der Waals surface area contributed by atoms with Crippen molar-refractivity contribution in [2.75, 3.05) is 6.61 Å². The van der Waals surface area contributed by atoms with E-state index >= 15 is 0 Å². The van der Waals surface area contributed by atoms with Crippen LogP contribution in [0.15, 0.2) is 0 Å². The van der Waals surface area contributed by atoms with E-state index in [2.05, 4.69) is 4.74 Å². The van der Waals surface area contributed by atoms with E-state index in [1.54, 1.807) is 0 Å². The highest BCUT2D eigenvalue weighted by Gasteiger charge is 2.00. The summed E-state index contributed by atoms with van der Waals surface area (Å²) in [6.45, 7) is 2.10. The van der Waals surface area contributed by atoms with Crippen LogP contribution in [0.4, 0.5) is 0 Å². The summed E-state index contributed by atoms with van der Waals surface area (Å²) in [5.41, 5.74) is 0. The maximum absolute atomic E-state index is 10.4.